The third kappa shape index (κ3) is 1.14. The van der Waals surface area contributed by atoms with Crippen molar-refractivity contribution in [3.05, 3.63) is 12.4 Å². The summed E-state index contributed by atoms with van der Waals surface area (Å²) in [4.78, 5) is 10.7. The second-order valence-electron chi connectivity index (χ2n) is 2.24. The van der Waals surface area contributed by atoms with E-state index in [2.05, 4.69) is 15.0 Å². The molecule has 0 aliphatic rings. The van der Waals surface area contributed by atoms with E-state index in [1.54, 1.807) is 6.07 Å². The van der Waals surface area contributed by atoms with E-state index in [1.165, 1.54) is 6.33 Å². The maximum atomic E-state index is 5.61. The number of pyridine rings is 1. The van der Waals surface area contributed by atoms with Gasteiger partial charge < -0.3 is 16.5 Å². The Morgan fingerprint density at radius 1 is 1.33 bits per heavy atom. The van der Waals surface area contributed by atoms with E-state index < -0.39 is 0 Å². The first-order valence-electron chi connectivity index (χ1n) is 3.12. The van der Waals surface area contributed by atoms with E-state index in [9.17, 15) is 0 Å². The van der Waals surface area contributed by atoms with E-state index >= 15 is 0 Å². The van der Waals surface area contributed by atoms with Crippen molar-refractivity contribution in [3.63, 3.8) is 0 Å². The summed E-state index contributed by atoms with van der Waals surface area (Å²) in [5, 5.41) is 0. The molecule has 12 heavy (non-hydrogen) atoms. The third-order valence-electron chi connectivity index (χ3n) is 1.45. The number of nitrogens with zero attached hydrogens (tertiary/aromatic N) is 2. The summed E-state index contributed by atoms with van der Waals surface area (Å²) >= 11 is 0. The Balaban J connectivity index is 0.000000720. The maximum absolute atomic E-state index is 5.61. The van der Waals surface area contributed by atoms with Gasteiger partial charge in [-0.2, -0.15) is 0 Å². The number of aromatic nitrogens is 3. The standard InChI is InChI=1S/C6H7N5.ClH/c7-3-1-4(8)11-6-5(3)9-2-10-6;/h1-2H,(H5,7,8,9,10,11);1H. The van der Waals surface area contributed by atoms with Crippen LogP contribution < -0.4 is 11.5 Å². The minimum Gasteiger partial charge on any atom is -0.397 e. The third-order valence-corrected chi connectivity index (χ3v) is 1.45. The average molecular weight is 186 g/mol. The molecule has 2 aromatic heterocycles. The summed E-state index contributed by atoms with van der Waals surface area (Å²) in [6.07, 6.45) is 1.54. The highest BCUT2D eigenvalue weighted by Gasteiger charge is 2.01. The molecule has 0 amide bonds. The molecule has 0 unspecified atom stereocenters. The molecule has 64 valence electrons. The minimum absolute atomic E-state index is 0. The molecule has 0 aromatic carbocycles. The van der Waals surface area contributed by atoms with Crippen LogP contribution in [0.15, 0.2) is 12.4 Å². The molecule has 5 nitrogen and oxygen atoms in total. The fourth-order valence-corrected chi connectivity index (χ4v) is 0.970. The Labute approximate surface area is 74.6 Å². The van der Waals surface area contributed by atoms with Crippen molar-refractivity contribution in [1.29, 1.82) is 0 Å². The Bertz CT molecular complexity index is 396. The van der Waals surface area contributed by atoms with Gasteiger partial charge in [-0.3, -0.25) is 0 Å². The highest BCUT2D eigenvalue weighted by atomic mass is 35.5. The predicted molar refractivity (Wildman–Crippen MR) is 50.0 cm³/mol. The van der Waals surface area contributed by atoms with Gasteiger partial charge in [-0.1, -0.05) is 0 Å². The lowest BCUT2D eigenvalue weighted by atomic mass is 10.3. The van der Waals surface area contributed by atoms with Gasteiger partial charge in [-0.25, -0.2) is 9.97 Å². The topological polar surface area (TPSA) is 93.6 Å². The maximum Gasteiger partial charge on any atom is 0.181 e. The predicted octanol–water partition coefficient (Wildman–Crippen LogP) is 0.544. The quantitative estimate of drug-likeness (QED) is 0.559. The Morgan fingerprint density at radius 2 is 2.08 bits per heavy atom. The summed E-state index contributed by atoms with van der Waals surface area (Å²) in [7, 11) is 0. The molecule has 2 heterocycles. The number of hydrogen-bond acceptors (Lipinski definition) is 4. The molecule has 0 spiro atoms. The summed E-state index contributed by atoms with van der Waals surface area (Å²) < 4.78 is 0. The molecule has 0 saturated heterocycles. The van der Waals surface area contributed by atoms with Gasteiger partial charge in [-0.15, -0.1) is 12.4 Å². The summed E-state index contributed by atoms with van der Waals surface area (Å²) in [6, 6.07) is 1.60. The summed E-state index contributed by atoms with van der Waals surface area (Å²) in [5.74, 6) is 0.391. The van der Waals surface area contributed by atoms with Crippen molar-refractivity contribution in [2.75, 3.05) is 11.5 Å². The monoisotopic (exact) mass is 185 g/mol. The van der Waals surface area contributed by atoms with Crippen molar-refractivity contribution in [3.8, 4) is 0 Å². The van der Waals surface area contributed by atoms with Crippen molar-refractivity contribution < 1.29 is 0 Å². The van der Waals surface area contributed by atoms with E-state index in [-0.39, 0.29) is 12.4 Å². The number of nitrogen functional groups attached to an aromatic ring is 2. The number of hydrogen-bond donors (Lipinski definition) is 3. The van der Waals surface area contributed by atoms with Crippen LogP contribution in [-0.4, -0.2) is 15.0 Å². The van der Waals surface area contributed by atoms with Crippen molar-refractivity contribution >= 4 is 35.1 Å². The van der Waals surface area contributed by atoms with Crippen molar-refractivity contribution in [1.82, 2.24) is 15.0 Å². The highest BCUT2D eigenvalue weighted by molar-refractivity contribution is 5.85. The summed E-state index contributed by atoms with van der Waals surface area (Å²) in [5.41, 5.74) is 12.9. The number of H-pyrrole nitrogens is 1. The van der Waals surface area contributed by atoms with Gasteiger partial charge in [0.2, 0.25) is 0 Å². The molecule has 2 aromatic rings. The Kier molecular flexibility index (Phi) is 2.05. The van der Waals surface area contributed by atoms with Crippen LogP contribution in [0.4, 0.5) is 11.5 Å². The van der Waals surface area contributed by atoms with Crippen LogP contribution in [0.3, 0.4) is 0 Å². The fourth-order valence-electron chi connectivity index (χ4n) is 0.970. The summed E-state index contributed by atoms with van der Waals surface area (Å²) in [6.45, 7) is 0. The largest absolute Gasteiger partial charge is 0.397 e. The number of aromatic amines is 1. The number of anilines is 2. The van der Waals surface area contributed by atoms with Crippen molar-refractivity contribution in [2.45, 2.75) is 0 Å². The SMILES string of the molecule is Cl.Nc1cc(N)c2[nH]cnc2n1. The molecule has 2 rings (SSSR count). The van der Waals surface area contributed by atoms with Gasteiger partial charge in [0.1, 0.15) is 11.3 Å². The van der Waals surface area contributed by atoms with Crippen molar-refractivity contribution in [2.24, 2.45) is 0 Å². The van der Waals surface area contributed by atoms with Gasteiger partial charge in [-0.05, 0) is 0 Å². The van der Waals surface area contributed by atoms with Gasteiger partial charge in [0.25, 0.3) is 0 Å². The second-order valence-corrected chi connectivity index (χ2v) is 2.24. The number of nitrogens with one attached hydrogen (secondary N) is 1. The molecule has 5 N–H and O–H groups in total. The first-order chi connectivity index (χ1) is 5.27. The first kappa shape index (κ1) is 8.61. The smallest absolute Gasteiger partial charge is 0.181 e. The molecule has 0 radical (unpaired) electrons. The van der Waals surface area contributed by atoms with E-state index in [0.29, 0.717) is 17.2 Å². The van der Waals surface area contributed by atoms with Crippen LogP contribution in [0, 0.1) is 0 Å². The zero-order valence-corrected chi connectivity index (χ0v) is 6.93. The van der Waals surface area contributed by atoms with Crippen LogP contribution in [0.25, 0.3) is 11.2 Å². The number of nitrogens with two attached hydrogens (primary N) is 2. The lowest BCUT2D eigenvalue weighted by molar-refractivity contribution is 1.31. The molecule has 0 bridgehead atoms. The number of halogens is 1. The molecule has 6 heteroatoms. The lowest BCUT2D eigenvalue weighted by Gasteiger charge is -1.95. The van der Waals surface area contributed by atoms with Gasteiger partial charge >= 0.3 is 0 Å². The second kappa shape index (κ2) is 2.86. The minimum atomic E-state index is 0. The van der Waals surface area contributed by atoms with E-state index in [0.717, 1.165) is 5.52 Å². The van der Waals surface area contributed by atoms with Crippen LogP contribution in [0.1, 0.15) is 0 Å². The van der Waals surface area contributed by atoms with Crippen LogP contribution in [0.5, 0.6) is 0 Å². The van der Waals surface area contributed by atoms with Crippen LogP contribution >= 0.6 is 12.4 Å². The van der Waals surface area contributed by atoms with Gasteiger partial charge in [0.05, 0.1) is 12.0 Å². The molecular weight excluding hydrogens is 178 g/mol. The first-order valence-corrected chi connectivity index (χ1v) is 3.12. The molecule has 0 atom stereocenters. The van der Waals surface area contributed by atoms with Crippen LogP contribution in [-0.2, 0) is 0 Å². The van der Waals surface area contributed by atoms with Crippen LogP contribution in [0.2, 0.25) is 0 Å². The Hall–Kier alpha value is -1.49. The lowest BCUT2D eigenvalue weighted by Crippen LogP contribution is -1.94. The average Bonchev–Trinajstić information content (AvgIpc) is 2.34. The molecule has 0 aliphatic carbocycles. The van der Waals surface area contributed by atoms with Gasteiger partial charge in [0.15, 0.2) is 5.65 Å². The normalized spacial score (nSPS) is 9.67. The molecule has 0 saturated carbocycles. The zero-order valence-electron chi connectivity index (χ0n) is 6.11. The number of imidazole rings is 1. The Morgan fingerprint density at radius 3 is 2.83 bits per heavy atom. The highest BCUT2D eigenvalue weighted by Crippen LogP contribution is 2.16. The number of rotatable bonds is 0. The number of fused-ring (bicyclic) bond motifs is 1. The molecule has 0 fully saturated rings. The van der Waals surface area contributed by atoms with Gasteiger partial charge in [0, 0.05) is 6.07 Å². The van der Waals surface area contributed by atoms with E-state index in [4.69, 9.17) is 11.5 Å². The zero-order chi connectivity index (χ0) is 7.84. The van der Waals surface area contributed by atoms with E-state index in [1.807, 2.05) is 0 Å². The fraction of sp³-hybridized carbons (Fsp3) is 0. The molecular formula is C6H8ClN5. The molecule has 0 aliphatic heterocycles.